The minimum Gasteiger partial charge on any atom is -0.496 e. The molecule has 8 heteroatoms. The topological polar surface area (TPSA) is 96.7 Å². The van der Waals surface area contributed by atoms with Gasteiger partial charge in [-0.3, -0.25) is 9.59 Å². The monoisotopic (exact) mass is 426 g/mol. The van der Waals surface area contributed by atoms with Crippen molar-refractivity contribution in [2.24, 2.45) is 0 Å². The number of piperidine rings is 2. The number of rotatable bonds is 5. The smallest absolute Gasteiger partial charge is 0.274 e. The number of aromatic nitrogens is 1. The van der Waals surface area contributed by atoms with Crippen LogP contribution in [0.3, 0.4) is 0 Å². The van der Waals surface area contributed by atoms with Crippen LogP contribution in [0.2, 0.25) is 0 Å². The summed E-state index contributed by atoms with van der Waals surface area (Å²) in [6.45, 7) is 4.43. The molecule has 0 bridgehead atoms. The number of hydrogen-bond acceptors (Lipinski definition) is 6. The third-order valence-corrected chi connectivity index (χ3v) is 6.44. The Morgan fingerprint density at radius 1 is 1.23 bits per heavy atom. The summed E-state index contributed by atoms with van der Waals surface area (Å²) in [5.41, 5.74) is 0.494. The van der Waals surface area contributed by atoms with Gasteiger partial charge in [0.05, 0.1) is 7.11 Å². The lowest BCUT2D eigenvalue weighted by molar-refractivity contribution is -0.140. The second-order valence-corrected chi connectivity index (χ2v) is 8.42. The SMILES string of the molecule is COc1ccccc1C1CCN(C(=O)C2(NC(=O)c3cc(C)on3)CCNCC2)CC1. The van der Waals surface area contributed by atoms with Gasteiger partial charge in [0.2, 0.25) is 5.91 Å². The summed E-state index contributed by atoms with van der Waals surface area (Å²) in [4.78, 5) is 28.3. The van der Waals surface area contributed by atoms with Crippen LogP contribution in [0.4, 0.5) is 0 Å². The molecule has 0 radical (unpaired) electrons. The van der Waals surface area contributed by atoms with Gasteiger partial charge in [-0.2, -0.15) is 0 Å². The van der Waals surface area contributed by atoms with E-state index in [-0.39, 0.29) is 17.5 Å². The molecule has 2 amide bonds. The molecule has 0 aliphatic carbocycles. The molecule has 1 aromatic heterocycles. The van der Waals surface area contributed by atoms with Gasteiger partial charge in [0.1, 0.15) is 17.0 Å². The Morgan fingerprint density at radius 3 is 2.58 bits per heavy atom. The Hall–Kier alpha value is -2.87. The summed E-state index contributed by atoms with van der Waals surface area (Å²) in [6, 6.07) is 9.68. The van der Waals surface area contributed by atoms with E-state index in [4.69, 9.17) is 9.26 Å². The number of amides is 2. The van der Waals surface area contributed by atoms with Gasteiger partial charge in [-0.05, 0) is 63.2 Å². The molecule has 0 spiro atoms. The molecule has 4 rings (SSSR count). The van der Waals surface area contributed by atoms with Crippen molar-refractivity contribution < 1.29 is 18.8 Å². The van der Waals surface area contributed by atoms with Crippen molar-refractivity contribution in [1.82, 2.24) is 20.7 Å². The van der Waals surface area contributed by atoms with Crippen molar-refractivity contribution in [2.75, 3.05) is 33.3 Å². The van der Waals surface area contributed by atoms with E-state index in [0.717, 1.165) is 18.6 Å². The maximum absolute atomic E-state index is 13.6. The molecule has 8 nitrogen and oxygen atoms in total. The van der Waals surface area contributed by atoms with E-state index in [1.165, 1.54) is 5.56 Å². The van der Waals surface area contributed by atoms with Crippen LogP contribution in [-0.2, 0) is 4.79 Å². The van der Waals surface area contributed by atoms with Crippen molar-refractivity contribution in [3.05, 3.63) is 47.3 Å². The molecule has 2 aliphatic rings. The van der Waals surface area contributed by atoms with Gasteiger partial charge < -0.3 is 24.8 Å². The van der Waals surface area contributed by atoms with Crippen molar-refractivity contribution in [1.29, 1.82) is 0 Å². The van der Waals surface area contributed by atoms with E-state index in [1.54, 1.807) is 20.1 Å². The van der Waals surface area contributed by atoms with Crippen LogP contribution < -0.4 is 15.4 Å². The van der Waals surface area contributed by atoms with E-state index in [0.29, 0.717) is 50.7 Å². The predicted octanol–water partition coefficient (Wildman–Crippen LogP) is 2.25. The number of benzene rings is 1. The third-order valence-electron chi connectivity index (χ3n) is 6.44. The molecule has 31 heavy (non-hydrogen) atoms. The van der Waals surface area contributed by atoms with Gasteiger partial charge in [0.15, 0.2) is 5.69 Å². The standard InChI is InChI=1S/C23H30N4O4/c1-16-15-19(26-31-16)21(28)25-23(9-11-24-12-10-23)22(29)27-13-7-17(8-14-27)18-5-3-4-6-20(18)30-2/h3-6,15,17,24H,7-14H2,1-2H3,(H,25,28). The zero-order valence-electron chi connectivity index (χ0n) is 18.1. The zero-order chi connectivity index (χ0) is 21.8. The zero-order valence-corrected chi connectivity index (χ0v) is 18.1. The maximum Gasteiger partial charge on any atom is 0.274 e. The lowest BCUT2D eigenvalue weighted by Gasteiger charge is -2.42. The van der Waals surface area contributed by atoms with Gasteiger partial charge in [0.25, 0.3) is 5.91 Å². The summed E-state index contributed by atoms with van der Waals surface area (Å²) in [5.74, 6) is 1.46. The minimum absolute atomic E-state index is 0.000966. The first-order valence-corrected chi connectivity index (χ1v) is 10.9. The second-order valence-electron chi connectivity index (χ2n) is 8.42. The molecule has 2 aromatic rings. The number of carbonyl (C=O) groups is 2. The lowest BCUT2D eigenvalue weighted by Crippen LogP contribution is -2.64. The molecule has 0 saturated carbocycles. The number of hydrogen-bond donors (Lipinski definition) is 2. The third kappa shape index (κ3) is 4.44. The van der Waals surface area contributed by atoms with Gasteiger partial charge in [0, 0.05) is 19.2 Å². The van der Waals surface area contributed by atoms with Gasteiger partial charge in [-0.25, -0.2) is 0 Å². The predicted molar refractivity (Wildman–Crippen MR) is 115 cm³/mol. The van der Waals surface area contributed by atoms with Crippen LogP contribution in [-0.4, -0.2) is 60.7 Å². The van der Waals surface area contributed by atoms with E-state index in [9.17, 15) is 9.59 Å². The molecule has 2 fully saturated rings. The fraction of sp³-hybridized carbons (Fsp3) is 0.522. The van der Waals surface area contributed by atoms with Gasteiger partial charge in [-0.1, -0.05) is 23.4 Å². The van der Waals surface area contributed by atoms with Crippen molar-refractivity contribution in [3.8, 4) is 5.75 Å². The average Bonchev–Trinajstić information content (AvgIpc) is 3.26. The lowest BCUT2D eigenvalue weighted by atomic mass is 9.84. The first-order chi connectivity index (χ1) is 15.0. The van der Waals surface area contributed by atoms with Crippen LogP contribution in [0.1, 0.15) is 53.4 Å². The number of para-hydroxylation sites is 1. The molecule has 3 heterocycles. The first-order valence-electron chi connectivity index (χ1n) is 10.9. The largest absolute Gasteiger partial charge is 0.496 e. The van der Waals surface area contributed by atoms with Crippen molar-refractivity contribution in [3.63, 3.8) is 0 Å². The summed E-state index contributed by atoms with van der Waals surface area (Å²) >= 11 is 0. The van der Waals surface area contributed by atoms with Gasteiger partial charge >= 0.3 is 0 Å². The fourth-order valence-electron chi connectivity index (χ4n) is 4.70. The Balaban J connectivity index is 1.46. The summed E-state index contributed by atoms with van der Waals surface area (Å²) in [7, 11) is 1.69. The Kier molecular flexibility index (Phi) is 6.27. The van der Waals surface area contributed by atoms with Crippen molar-refractivity contribution in [2.45, 2.75) is 44.1 Å². The van der Waals surface area contributed by atoms with Crippen LogP contribution in [0.15, 0.2) is 34.9 Å². The highest BCUT2D eigenvalue weighted by atomic mass is 16.5. The summed E-state index contributed by atoms with van der Waals surface area (Å²) in [6.07, 6.45) is 2.86. The highest BCUT2D eigenvalue weighted by molar-refractivity contribution is 5.98. The molecule has 2 aliphatic heterocycles. The number of nitrogens with one attached hydrogen (secondary N) is 2. The number of aryl methyl sites for hydroxylation is 1. The summed E-state index contributed by atoms with van der Waals surface area (Å²) in [5, 5.41) is 10.1. The van der Waals surface area contributed by atoms with Gasteiger partial charge in [-0.15, -0.1) is 0 Å². The molecule has 2 saturated heterocycles. The number of nitrogens with zero attached hydrogens (tertiary/aromatic N) is 2. The maximum atomic E-state index is 13.6. The summed E-state index contributed by atoms with van der Waals surface area (Å²) < 4.78 is 10.6. The number of methoxy groups -OCH3 is 1. The van der Waals surface area contributed by atoms with Crippen LogP contribution in [0, 0.1) is 6.92 Å². The Bertz CT molecular complexity index is 927. The van der Waals surface area contributed by atoms with E-state index >= 15 is 0 Å². The molecular formula is C23H30N4O4. The minimum atomic E-state index is -0.910. The van der Waals surface area contributed by atoms with Crippen molar-refractivity contribution >= 4 is 11.8 Å². The molecule has 2 N–H and O–H groups in total. The van der Waals surface area contributed by atoms with E-state index in [1.807, 2.05) is 23.1 Å². The van der Waals surface area contributed by atoms with Crippen LogP contribution in [0.25, 0.3) is 0 Å². The Morgan fingerprint density at radius 2 is 1.94 bits per heavy atom. The highest BCUT2D eigenvalue weighted by Gasteiger charge is 2.44. The van der Waals surface area contributed by atoms with E-state index < -0.39 is 5.54 Å². The average molecular weight is 427 g/mol. The quantitative estimate of drug-likeness (QED) is 0.761. The molecule has 0 unspecified atom stereocenters. The van der Waals surface area contributed by atoms with Crippen LogP contribution >= 0.6 is 0 Å². The Labute approximate surface area is 182 Å². The fourth-order valence-corrected chi connectivity index (χ4v) is 4.70. The molecule has 166 valence electrons. The second kappa shape index (κ2) is 9.09. The van der Waals surface area contributed by atoms with Crippen LogP contribution in [0.5, 0.6) is 5.75 Å². The number of carbonyl (C=O) groups excluding carboxylic acids is 2. The molecular weight excluding hydrogens is 396 g/mol. The number of likely N-dealkylation sites (tertiary alicyclic amines) is 1. The highest BCUT2D eigenvalue weighted by Crippen LogP contribution is 2.35. The number of ether oxygens (including phenoxy) is 1. The van der Waals surface area contributed by atoms with E-state index in [2.05, 4.69) is 21.9 Å². The molecule has 1 aromatic carbocycles. The first kappa shape index (κ1) is 21.4. The molecule has 0 atom stereocenters. The normalized spacial score (nSPS) is 19.1.